The summed E-state index contributed by atoms with van der Waals surface area (Å²) in [5.41, 5.74) is 0. The highest BCUT2D eigenvalue weighted by molar-refractivity contribution is 4.32. The van der Waals surface area contributed by atoms with E-state index in [9.17, 15) is 0 Å². The van der Waals surface area contributed by atoms with Gasteiger partial charge in [-0.1, -0.05) is 67.7 Å². The zero-order valence-electron chi connectivity index (χ0n) is 11.1. The summed E-state index contributed by atoms with van der Waals surface area (Å²) >= 11 is 0. The van der Waals surface area contributed by atoms with Crippen LogP contribution in [0.25, 0.3) is 0 Å². The fraction of sp³-hybridized carbons (Fsp3) is 1.00. The number of aliphatic hydroxyl groups excluding tert-OH is 1. The fourth-order valence-corrected chi connectivity index (χ4v) is 0. The highest BCUT2D eigenvalue weighted by Crippen LogP contribution is 1.93. The van der Waals surface area contributed by atoms with Crippen LogP contribution in [0, 0.1) is 5.92 Å². The minimum absolute atomic E-state index is 0.884. The maximum Gasteiger partial charge on any atom is 0.0319 e. The molecular formula is C12H32O. The van der Waals surface area contributed by atoms with E-state index in [2.05, 4.69) is 34.6 Å². The second-order valence-electron chi connectivity index (χ2n) is 2.80. The third-order valence-electron chi connectivity index (χ3n) is 1.32. The van der Waals surface area contributed by atoms with E-state index in [1.54, 1.807) is 0 Å². The van der Waals surface area contributed by atoms with Gasteiger partial charge >= 0.3 is 0 Å². The number of aliphatic hydroxyl groups is 1. The van der Waals surface area contributed by atoms with Gasteiger partial charge < -0.3 is 5.11 Å². The quantitative estimate of drug-likeness (QED) is 0.683. The van der Waals surface area contributed by atoms with Gasteiger partial charge in [-0.15, -0.1) is 0 Å². The molecule has 0 saturated carbocycles. The maximum atomic E-state index is 7.00. The first-order chi connectivity index (χ1) is 6.18. The van der Waals surface area contributed by atoms with Crippen molar-refractivity contribution in [3.05, 3.63) is 0 Å². The molecule has 1 nitrogen and oxygen atoms in total. The van der Waals surface area contributed by atoms with Crippen molar-refractivity contribution in [2.75, 3.05) is 7.11 Å². The van der Waals surface area contributed by atoms with E-state index in [0.29, 0.717) is 0 Å². The van der Waals surface area contributed by atoms with Crippen molar-refractivity contribution in [3.8, 4) is 0 Å². The normalized spacial score (nSPS) is 6.92. The first kappa shape index (κ1) is 23.1. The van der Waals surface area contributed by atoms with E-state index >= 15 is 0 Å². The maximum absolute atomic E-state index is 7.00. The smallest absolute Gasteiger partial charge is 0.0319 e. The molecule has 1 N–H and O–H groups in total. The third kappa shape index (κ3) is 135. The molecular weight excluding hydrogens is 160 g/mol. The lowest BCUT2D eigenvalue weighted by Crippen LogP contribution is -1.77. The average Bonchev–Trinajstić information content (AvgIpc) is 2.24. The standard InChI is InChI=1S/C5H12.C4H10.C2H6.CH4O/c1-4-5(2)3;1-3-4-2;2*1-2/h5H,4H2,1-3H3;3-4H2,1-2H3;1-2H3;2H,1H3. The monoisotopic (exact) mass is 192 g/mol. The number of hydrogen-bond acceptors (Lipinski definition) is 1. The van der Waals surface area contributed by atoms with Crippen molar-refractivity contribution in [1.29, 1.82) is 0 Å². The van der Waals surface area contributed by atoms with Crippen LogP contribution in [0.1, 0.15) is 67.7 Å². The molecule has 0 aliphatic heterocycles. The highest BCUT2D eigenvalue weighted by atomic mass is 16.2. The molecule has 0 heterocycles. The van der Waals surface area contributed by atoms with Gasteiger partial charge in [-0.2, -0.15) is 0 Å². The molecule has 0 aliphatic carbocycles. The lowest BCUT2D eigenvalue weighted by Gasteiger charge is -1.90. The van der Waals surface area contributed by atoms with Crippen molar-refractivity contribution < 1.29 is 5.11 Å². The predicted octanol–water partition coefficient (Wildman–Crippen LogP) is 4.49. The summed E-state index contributed by atoms with van der Waals surface area (Å²) in [5, 5.41) is 7.00. The molecule has 0 radical (unpaired) electrons. The fourth-order valence-electron chi connectivity index (χ4n) is 0. The van der Waals surface area contributed by atoms with E-state index < -0.39 is 0 Å². The minimum Gasteiger partial charge on any atom is -0.400 e. The molecule has 0 saturated heterocycles. The second-order valence-corrected chi connectivity index (χ2v) is 2.80. The van der Waals surface area contributed by atoms with Gasteiger partial charge in [0.25, 0.3) is 0 Å². The Bertz CT molecular complexity index is 32.1. The summed E-state index contributed by atoms with van der Waals surface area (Å²) in [6, 6.07) is 0. The van der Waals surface area contributed by atoms with Crippen LogP contribution in [0.4, 0.5) is 0 Å². The zero-order chi connectivity index (χ0) is 11.7. The van der Waals surface area contributed by atoms with Crippen molar-refractivity contribution in [2.45, 2.75) is 67.7 Å². The van der Waals surface area contributed by atoms with E-state index in [1.807, 2.05) is 13.8 Å². The van der Waals surface area contributed by atoms with Crippen LogP contribution in [0.2, 0.25) is 0 Å². The van der Waals surface area contributed by atoms with Crippen molar-refractivity contribution in [3.63, 3.8) is 0 Å². The summed E-state index contributed by atoms with van der Waals surface area (Å²) in [5.74, 6) is 0.884. The zero-order valence-corrected chi connectivity index (χ0v) is 11.1. The highest BCUT2D eigenvalue weighted by Gasteiger charge is 1.80. The van der Waals surface area contributed by atoms with Crippen LogP contribution < -0.4 is 0 Å². The lowest BCUT2D eigenvalue weighted by molar-refractivity contribution is 0.399. The average molecular weight is 192 g/mol. The number of unbranched alkanes of at least 4 members (excludes halogenated alkanes) is 1. The molecule has 0 aromatic heterocycles. The van der Waals surface area contributed by atoms with Crippen molar-refractivity contribution >= 4 is 0 Å². The summed E-state index contributed by atoms with van der Waals surface area (Å²) in [7, 11) is 1.00. The molecule has 0 rings (SSSR count). The Hall–Kier alpha value is -0.0400. The molecule has 0 aromatic rings. The summed E-state index contributed by atoms with van der Waals surface area (Å²) in [6.45, 7) is 15.0. The predicted molar refractivity (Wildman–Crippen MR) is 65.2 cm³/mol. The second kappa shape index (κ2) is 40.4. The first-order valence-corrected chi connectivity index (χ1v) is 5.63. The molecule has 0 unspecified atom stereocenters. The SMILES string of the molecule is CC.CCC(C)C.CCCC.CO. The van der Waals surface area contributed by atoms with Crippen LogP contribution in [-0.2, 0) is 0 Å². The summed E-state index contributed by atoms with van der Waals surface area (Å²) < 4.78 is 0. The van der Waals surface area contributed by atoms with Gasteiger partial charge in [0.15, 0.2) is 0 Å². The Morgan fingerprint density at radius 3 is 1.00 bits per heavy atom. The molecule has 0 bridgehead atoms. The van der Waals surface area contributed by atoms with Gasteiger partial charge in [-0.3, -0.25) is 0 Å². The van der Waals surface area contributed by atoms with E-state index in [4.69, 9.17) is 5.11 Å². The molecule has 0 aromatic carbocycles. The molecule has 0 aliphatic rings. The summed E-state index contributed by atoms with van der Waals surface area (Å²) in [6.07, 6.45) is 3.94. The topological polar surface area (TPSA) is 20.2 Å². The molecule has 0 atom stereocenters. The van der Waals surface area contributed by atoms with Crippen molar-refractivity contribution in [2.24, 2.45) is 5.92 Å². The molecule has 0 amide bonds. The lowest BCUT2D eigenvalue weighted by atomic mass is 10.2. The Morgan fingerprint density at radius 1 is 0.846 bits per heavy atom. The van der Waals surface area contributed by atoms with Gasteiger partial charge in [0, 0.05) is 7.11 Å². The van der Waals surface area contributed by atoms with Crippen LogP contribution in [0.15, 0.2) is 0 Å². The van der Waals surface area contributed by atoms with E-state index in [-0.39, 0.29) is 0 Å². The van der Waals surface area contributed by atoms with Crippen LogP contribution in [-0.4, -0.2) is 12.2 Å². The Labute approximate surface area is 86.6 Å². The van der Waals surface area contributed by atoms with Gasteiger partial charge in [0.1, 0.15) is 0 Å². The molecule has 86 valence electrons. The molecule has 1 heteroatoms. The van der Waals surface area contributed by atoms with Gasteiger partial charge in [-0.25, -0.2) is 0 Å². The Morgan fingerprint density at radius 2 is 1.00 bits per heavy atom. The van der Waals surface area contributed by atoms with Crippen molar-refractivity contribution in [1.82, 2.24) is 0 Å². The number of hydrogen-bond donors (Lipinski definition) is 1. The van der Waals surface area contributed by atoms with Crippen LogP contribution in [0.5, 0.6) is 0 Å². The number of rotatable bonds is 2. The summed E-state index contributed by atoms with van der Waals surface area (Å²) in [4.78, 5) is 0. The van der Waals surface area contributed by atoms with Crippen LogP contribution >= 0.6 is 0 Å². The molecule has 0 fully saturated rings. The first-order valence-electron chi connectivity index (χ1n) is 5.63. The third-order valence-corrected chi connectivity index (χ3v) is 1.32. The minimum atomic E-state index is 0.884. The molecule has 13 heavy (non-hydrogen) atoms. The van der Waals surface area contributed by atoms with Crippen LogP contribution in [0.3, 0.4) is 0 Å². The van der Waals surface area contributed by atoms with E-state index in [1.165, 1.54) is 19.3 Å². The van der Waals surface area contributed by atoms with Gasteiger partial charge in [0.2, 0.25) is 0 Å². The largest absolute Gasteiger partial charge is 0.400 e. The molecule has 0 spiro atoms. The van der Waals surface area contributed by atoms with Gasteiger partial charge in [-0.05, 0) is 5.92 Å². The Kier molecular flexibility index (Phi) is 71.8. The Balaban J connectivity index is -0.0000000457. The van der Waals surface area contributed by atoms with E-state index in [0.717, 1.165) is 13.0 Å². The van der Waals surface area contributed by atoms with Gasteiger partial charge in [0.05, 0.1) is 0 Å².